The fraction of sp³-hybridized carbons (Fsp3) is 0.0556. The first-order chi connectivity index (χ1) is 13.8. The van der Waals surface area contributed by atoms with E-state index in [0.717, 1.165) is 0 Å². The fourth-order valence-electron chi connectivity index (χ4n) is 2.67. The minimum absolute atomic E-state index is 0.0337. The van der Waals surface area contributed by atoms with Crippen LogP contribution in [0.4, 0.5) is 17.1 Å². The van der Waals surface area contributed by atoms with E-state index in [1.54, 1.807) is 6.92 Å². The molecule has 0 saturated carbocycles. The molecule has 1 aromatic heterocycles. The zero-order valence-electron chi connectivity index (χ0n) is 14.8. The van der Waals surface area contributed by atoms with Crippen molar-refractivity contribution in [3.8, 4) is 11.1 Å². The summed E-state index contributed by atoms with van der Waals surface area (Å²) in [5.41, 5.74) is 1.41. The molecule has 3 aromatic rings. The van der Waals surface area contributed by atoms with E-state index in [4.69, 9.17) is 11.6 Å². The van der Waals surface area contributed by atoms with Gasteiger partial charge in [-0.1, -0.05) is 11.6 Å². The molecule has 0 atom stereocenters. The van der Waals surface area contributed by atoms with Crippen LogP contribution in [-0.4, -0.2) is 26.0 Å². The average Bonchev–Trinajstić information content (AvgIpc) is 2.69. The summed E-state index contributed by atoms with van der Waals surface area (Å²) in [6.45, 7) is 1.63. The first-order valence-electron chi connectivity index (χ1n) is 8.11. The van der Waals surface area contributed by atoms with E-state index in [2.05, 4.69) is 15.5 Å². The third-order valence-electron chi connectivity index (χ3n) is 4.04. The summed E-state index contributed by atoms with van der Waals surface area (Å²) in [6.07, 6.45) is 0. The minimum atomic E-state index is -0.602. The molecule has 0 aliphatic heterocycles. The molecule has 146 valence electrons. The van der Waals surface area contributed by atoms with Crippen LogP contribution in [0.15, 0.2) is 48.5 Å². The van der Waals surface area contributed by atoms with Gasteiger partial charge in [-0.2, -0.15) is 5.10 Å². The maximum Gasteiger partial charge on any atom is 0.269 e. The number of anilines is 1. The van der Waals surface area contributed by atoms with Gasteiger partial charge in [-0.3, -0.25) is 25.0 Å². The zero-order chi connectivity index (χ0) is 21.1. The monoisotopic (exact) mass is 413 g/mol. The van der Waals surface area contributed by atoms with Crippen LogP contribution in [0, 0.1) is 27.2 Å². The van der Waals surface area contributed by atoms with E-state index in [0.29, 0.717) is 22.5 Å². The van der Waals surface area contributed by atoms with Crippen LogP contribution in [-0.2, 0) is 0 Å². The highest BCUT2D eigenvalue weighted by molar-refractivity contribution is 6.34. The Labute approximate surface area is 168 Å². The summed E-state index contributed by atoms with van der Waals surface area (Å²) >= 11 is 6.13. The van der Waals surface area contributed by atoms with Crippen molar-refractivity contribution in [2.24, 2.45) is 0 Å². The van der Waals surface area contributed by atoms with E-state index >= 15 is 0 Å². The maximum absolute atomic E-state index is 12.9. The first kappa shape index (κ1) is 19.8. The van der Waals surface area contributed by atoms with Crippen LogP contribution >= 0.6 is 11.6 Å². The number of aryl methyl sites for hydroxylation is 1. The topological polar surface area (TPSA) is 141 Å². The average molecular weight is 414 g/mol. The Hall–Kier alpha value is -3.92. The lowest BCUT2D eigenvalue weighted by Crippen LogP contribution is -2.16. The van der Waals surface area contributed by atoms with Crippen LogP contribution in [0.3, 0.4) is 0 Å². The molecule has 0 aliphatic rings. The largest absolute Gasteiger partial charge is 0.322 e. The van der Waals surface area contributed by atoms with Gasteiger partial charge in [0.05, 0.1) is 21.1 Å². The molecule has 1 amide bonds. The van der Waals surface area contributed by atoms with Gasteiger partial charge in [-0.05, 0) is 36.8 Å². The number of carbonyl (C=O) groups excluding carboxylic acids is 1. The van der Waals surface area contributed by atoms with Crippen LogP contribution in [0.1, 0.15) is 16.1 Å². The lowest BCUT2D eigenvalue weighted by Gasteiger charge is -2.13. The third kappa shape index (κ3) is 4.17. The SMILES string of the molecule is Cc1nnc(Cl)c(C(=O)Nc2ccc([N+](=O)[O-])cc2)c1-c1ccc([N+](=O)[O-])cc1. The number of carbonyl (C=O) groups is 1. The van der Waals surface area contributed by atoms with Gasteiger partial charge in [0.25, 0.3) is 17.3 Å². The second-order valence-electron chi connectivity index (χ2n) is 5.89. The lowest BCUT2D eigenvalue weighted by atomic mass is 9.99. The van der Waals surface area contributed by atoms with Gasteiger partial charge in [0.2, 0.25) is 0 Å². The smallest absolute Gasteiger partial charge is 0.269 e. The molecule has 1 heterocycles. The first-order valence-corrected chi connectivity index (χ1v) is 8.49. The third-order valence-corrected chi connectivity index (χ3v) is 4.30. The van der Waals surface area contributed by atoms with Gasteiger partial charge in [0, 0.05) is 35.5 Å². The van der Waals surface area contributed by atoms with E-state index < -0.39 is 15.8 Å². The van der Waals surface area contributed by atoms with Gasteiger partial charge < -0.3 is 5.32 Å². The summed E-state index contributed by atoms with van der Waals surface area (Å²) < 4.78 is 0. The molecule has 0 fully saturated rings. The second kappa shape index (κ2) is 7.98. The maximum atomic E-state index is 12.9. The number of amides is 1. The van der Waals surface area contributed by atoms with Gasteiger partial charge in [0.15, 0.2) is 5.15 Å². The molecule has 29 heavy (non-hydrogen) atoms. The molecule has 2 aromatic carbocycles. The zero-order valence-corrected chi connectivity index (χ0v) is 15.6. The number of halogens is 1. The van der Waals surface area contributed by atoms with Gasteiger partial charge >= 0.3 is 0 Å². The molecule has 10 nitrogen and oxygen atoms in total. The highest BCUT2D eigenvalue weighted by Crippen LogP contribution is 2.31. The highest BCUT2D eigenvalue weighted by atomic mass is 35.5. The lowest BCUT2D eigenvalue weighted by molar-refractivity contribution is -0.385. The van der Waals surface area contributed by atoms with Crippen LogP contribution in [0.25, 0.3) is 11.1 Å². The fourth-order valence-corrected chi connectivity index (χ4v) is 2.89. The van der Waals surface area contributed by atoms with Crippen LogP contribution in [0.2, 0.25) is 5.15 Å². The molecule has 11 heteroatoms. The van der Waals surface area contributed by atoms with Crippen molar-refractivity contribution in [1.82, 2.24) is 10.2 Å². The number of aromatic nitrogens is 2. The molecule has 0 saturated heterocycles. The Balaban J connectivity index is 2.00. The van der Waals surface area contributed by atoms with E-state index in [1.165, 1.54) is 48.5 Å². The molecule has 0 radical (unpaired) electrons. The summed E-state index contributed by atoms with van der Waals surface area (Å²) in [6, 6.07) is 10.9. The van der Waals surface area contributed by atoms with E-state index in [-0.39, 0.29) is 22.1 Å². The van der Waals surface area contributed by atoms with E-state index in [9.17, 15) is 25.0 Å². The van der Waals surface area contributed by atoms with Crippen molar-refractivity contribution in [3.63, 3.8) is 0 Å². The van der Waals surface area contributed by atoms with Crippen molar-refractivity contribution in [3.05, 3.63) is 85.2 Å². The molecular weight excluding hydrogens is 402 g/mol. The standard InChI is InChI=1S/C18H12ClN5O5/c1-10-15(11-2-6-13(7-3-11)23(26)27)16(17(19)22-21-10)18(25)20-12-4-8-14(9-5-12)24(28)29/h2-9H,1H3,(H,20,25). The quantitative estimate of drug-likeness (QED) is 0.488. The summed E-state index contributed by atoms with van der Waals surface area (Å²) in [5, 5.41) is 31.8. The Kier molecular flexibility index (Phi) is 5.46. The molecule has 0 bridgehead atoms. The molecule has 0 aliphatic carbocycles. The van der Waals surface area contributed by atoms with Gasteiger partial charge in [-0.15, -0.1) is 5.10 Å². The van der Waals surface area contributed by atoms with Crippen molar-refractivity contribution < 1.29 is 14.6 Å². The number of benzene rings is 2. The minimum Gasteiger partial charge on any atom is -0.322 e. The van der Waals surface area contributed by atoms with Crippen molar-refractivity contribution in [2.45, 2.75) is 6.92 Å². The van der Waals surface area contributed by atoms with E-state index in [1.807, 2.05) is 0 Å². The van der Waals surface area contributed by atoms with Crippen molar-refractivity contribution in [1.29, 1.82) is 0 Å². The molecule has 3 rings (SSSR count). The molecule has 0 unspecified atom stereocenters. The number of nitrogens with one attached hydrogen (secondary N) is 1. The number of hydrogen-bond acceptors (Lipinski definition) is 7. The summed E-state index contributed by atoms with van der Waals surface area (Å²) in [5.74, 6) is -0.602. The Morgan fingerprint density at radius 2 is 1.45 bits per heavy atom. The highest BCUT2D eigenvalue weighted by Gasteiger charge is 2.22. The predicted octanol–water partition coefficient (Wildman–Crippen LogP) is 4.17. The Morgan fingerprint density at radius 1 is 0.931 bits per heavy atom. The number of nitro groups is 2. The summed E-state index contributed by atoms with van der Waals surface area (Å²) in [4.78, 5) is 33.4. The number of non-ortho nitro benzene ring substituents is 2. The summed E-state index contributed by atoms with van der Waals surface area (Å²) in [7, 11) is 0. The van der Waals surface area contributed by atoms with Crippen molar-refractivity contribution >= 4 is 34.6 Å². The van der Waals surface area contributed by atoms with Gasteiger partial charge in [0.1, 0.15) is 0 Å². The van der Waals surface area contributed by atoms with Gasteiger partial charge in [-0.25, -0.2) is 0 Å². The van der Waals surface area contributed by atoms with Crippen LogP contribution < -0.4 is 5.32 Å². The number of nitro benzene ring substituents is 2. The number of rotatable bonds is 5. The normalized spacial score (nSPS) is 10.4. The molecule has 1 N–H and O–H groups in total. The van der Waals surface area contributed by atoms with Crippen LogP contribution in [0.5, 0.6) is 0 Å². The Bertz CT molecular complexity index is 1120. The van der Waals surface area contributed by atoms with Crippen molar-refractivity contribution in [2.75, 3.05) is 5.32 Å². The second-order valence-corrected chi connectivity index (χ2v) is 6.25. The predicted molar refractivity (Wildman–Crippen MR) is 105 cm³/mol. The number of nitrogens with zero attached hydrogens (tertiary/aromatic N) is 4. The molecule has 0 spiro atoms. The Morgan fingerprint density at radius 3 is 1.97 bits per heavy atom. The molecular formula is C18H12ClN5O5. The number of hydrogen-bond donors (Lipinski definition) is 1.